The van der Waals surface area contributed by atoms with E-state index in [4.69, 9.17) is 11.6 Å². The topological polar surface area (TPSA) is 57.5 Å². The van der Waals surface area contributed by atoms with Gasteiger partial charge in [0.05, 0.1) is 6.10 Å². The Bertz CT molecular complexity index is 584. The molecule has 0 bridgehead atoms. The number of halogens is 1. The van der Waals surface area contributed by atoms with Crippen molar-refractivity contribution in [1.29, 1.82) is 0 Å². The van der Waals surface area contributed by atoms with E-state index in [1.165, 1.54) is 0 Å². The van der Waals surface area contributed by atoms with Gasteiger partial charge in [-0.15, -0.1) is 0 Å². The maximum absolute atomic E-state index is 11.4. The second kappa shape index (κ2) is 5.21. The van der Waals surface area contributed by atoms with Crippen molar-refractivity contribution < 1.29 is 15.0 Å². The van der Waals surface area contributed by atoms with Gasteiger partial charge in [-0.25, -0.2) is 0 Å². The summed E-state index contributed by atoms with van der Waals surface area (Å²) in [5.41, 5.74) is 0.674. The molecule has 2 N–H and O–H groups in total. The minimum Gasteiger partial charge on any atom is -0.392 e. The standard InChI is InChI=1S/C16H15ClO3/c17-11-4-1-9(2-5-11)14(18)6-3-10-7-12-13(16(10)20)8-15(12)19/h1-2,4-5,10,12-14,16,18,20H,7-8H2. The minimum atomic E-state index is -0.895. The Morgan fingerprint density at radius 1 is 1.30 bits per heavy atom. The van der Waals surface area contributed by atoms with Gasteiger partial charge >= 0.3 is 0 Å². The molecule has 4 heteroatoms. The zero-order chi connectivity index (χ0) is 14.3. The molecule has 5 unspecified atom stereocenters. The molecule has 2 aliphatic carbocycles. The number of aliphatic hydroxyl groups excluding tert-OH is 2. The van der Waals surface area contributed by atoms with Gasteiger partial charge in [0.2, 0.25) is 0 Å². The number of carbonyl (C=O) groups excluding carboxylic acids is 1. The van der Waals surface area contributed by atoms with Gasteiger partial charge in [0, 0.05) is 29.2 Å². The lowest BCUT2D eigenvalue weighted by molar-refractivity contribution is -0.135. The highest BCUT2D eigenvalue weighted by molar-refractivity contribution is 6.30. The number of hydrogen-bond acceptors (Lipinski definition) is 3. The molecule has 0 radical (unpaired) electrons. The lowest BCUT2D eigenvalue weighted by Crippen LogP contribution is -2.38. The molecule has 0 aliphatic heterocycles. The van der Waals surface area contributed by atoms with Gasteiger partial charge in [-0.05, 0) is 24.1 Å². The molecule has 104 valence electrons. The van der Waals surface area contributed by atoms with Crippen molar-refractivity contribution in [2.75, 3.05) is 0 Å². The number of aliphatic hydroxyl groups is 2. The predicted molar refractivity (Wildman–Crippen MR) is 74.9 cm³/mol. The highest BCUT2D eigenvalue weighted by atomic mass is 35.5. The molecular formula is C16H15ClO3. The molecule has 3 rings (SSSR count). The van der Waals surface area contributed by atoms with Crippen molar-refractivity contribution in [2.24, 2.45) is 17.8 Å². The molecule has 2 aliphatic rings. The van der Waals surface area contributed by atoms with E-state index in [9.17, 15) is 15.0 Å². The first-order valence-corrected chi connectivity index (χ1v) is 7.09. The molecule has 20 heavy (non-hydrogen) atoms. The summed E-state index contributed by atoms with van der Waals surface area (Å²) in [6.45, 7) is 0. The van der Waals surface area contributed by atoms with Crippen LogP contribution in [0.4, 0.5) is 0 Å². The first-order valence-electron chi connectivity index (χ1n) is 6.71. The second-order valence-electron chi connectivity index (χ2n) is 5.52. The van der Waals surface area contributed by atoms with Gasteiger partial charge in [0.1, 0.15) is 11.9 Å². The van der Waals surface area contributed by atoms with Crippen LogP contribution in [0.5, 0.6) is 0 Å². The number of ketones is 1. The summed E-state index contributed by atoms with van der Waals surface area (Å²) in [4.78, 5) is 11.4. The number of rotatable bonds is 1. The average Bonchev–Trinajstić information content (AvgIpc) is 2.69. The molecule has 0 spiro atoms. The molecular weight excluding hydrogens is 276 g/mol. The third kappa shape index (κ3) is 2.35. The number of benzene rings is 1. The molecule has 3 nitrogen and oxygen atoms in total. The van der Waals surface area contributed by atoms with E-state index in [0.29, 0.717) is 23.4 Å². The molecule has 2 saturated carbocycles. The quantitative estimate of drug-likeness (QED) is 0.778. The zero-order valence-electron chi connectivity index (χ0n) is 10.8. The maximum Gasteiger partial charge on any atom is 0.140 e. The third-order valence-electron chi connectivity index (χ3n) is 4.32. The number of hydrogen-bond donors (Lipinski definition) is 2. The smallest absolute Gasteiger partial charge is 0.140 e. The predicted octanol–water partition coefficient (Wildman–Crippen LogP) is 1.96. The fraction of sp³-hybridized carbons (Fsp3) is 0.438. The second-order valence-corrected chi connectivity index (χ2v) is 5.95. The maximum atomic E-state index is 11.4. The molecule has 2 fully saturated rings. The van der Waals surface area contributed by atoms with E-state index < -0.39 is 12.2 Å². The normalized spacial score (nSPS) is 32.9. The van der Waals surface area contributed by atoms with E-state index in [0.717, 1.165) is 0 Å². The molecule has 0 heterocycles. The molecule has 0 saturated heterocycles. The summed E-state index contributed by atoms with van der Waals surface area (Å²) < 4.78 is 0. The van der Waals surface area contributed by atoms with Crippen LogP contribution in [0.2, 0.25) is 5.02 Å². The van der Waals surface area contributed by atoms with Crippen molar-refractivity contribution >= 4 is 17.4 Å². The Hall–Kier alpha value is -1.34. The van der Waals surface area contributed by atoms with Crippen molar-refractivity contribution in [3.8, 4) is 11.8 Å². The van der Waals surface area contributed by atoms with Crippen molar-refractivity contribution in [3.63, 3.8) is 0 Å². The van der Waals surface area contributed by atoms with Crippen LogP contribution in [0.25, 0.3) is 0 Å². The van der Waals surface area contributed by atoms with Crippen LogP contribution in [0.15, 0.2) is 24.3 Å². The summed E-state index contributed by atoms with van der Waals surface area (Å²) in [6, 6.07) is 6.84. The van der Waals surface area contributed by atoms with Gasteiger partial charge in [-0.2, -0.15) is 0 Å². The Morgan fingerprint density at radius 2 is 2.00 bits per heavy atom. The lowest BCUT2D eigenvalue weighted by atomic mass is 9.74. The van der Waals surface area contributed by atoms with Crippen LogP contribution in [0.1, 0.15) is 24.5 Å². The van der Waals surface area contributed by atoms with Gasteiger partial charge < -0.3 is 10.2 Å². The van der Waals surface area contributed by atoms with Crippen molar-refractivity contribution in [1.82, 2.24) is 0 Å². The van der Waals surface area contributed by atoms with E-state index in [-0.39, 0.29) is 23.5 Å². The lowest BCUT2D eigenvalue weighted by Gasteiger charge is -2.29. The molecule has 0 aromatic heterocycles. The fourth-order valence-electron chi connectivity index (χ4n) is 3.04. The Balaban J connectivity index is 1.69. The first kappa shape index (κ1) is 13.6. The van der Waals surface area contributed by atoms with Crippen LogP contribution >= 0.6 is 11.6 Å². The van der Waals surface area contributed by atoms with Gasteiger partial charge in [0.25, 0.3) is 0 Å². The SMILES string of the molecule is O=C1CC2C1CC(C#CC(O)c1ccc(Cl)cc1)C2O. The average molecular weight is 291 g/mol. The highest BCUT2D eigenvalue weighted by Crippen LogP contribution is 2.47. The first-order chi connectivity index (χ1) is 9.56. The fourth-order valence-corrected chi connectivity index (χ4v) is 3.17. The van der Waals surface area contributed by atoms with Gasteiger partial charge in [0.15, 0.2) is 0 Å². The van der Waals surface area contributed by atoms with Crippen molar-refractivity contribution in [2.45, 2.75) is 25.0 Å². The van der Waals surface area contributed by atoms with E-state index in [1.807, 2.05) is 0 Å². The molecule has 1 aromatic carbocycles. The Labute approximate surface area is 122 Å². The number of fused-ring (bicyclic) bond motifs is 1. The Morgan fingerprint density at radius 3 is 2.60 bits per heavy atom. The summed E-state index contributed by atoms with van der Waals surface area (Å²) in [5.74, 6) is 5.78. The van der Waals surface area contributed by atoms with Crippen LogP contribution in [0.3, 0.4) is 0 Å². The van der Waals surface area contributed by atoms with Crippen LogP contribution in [-0.2, 0) is 4.79 Å². The highest BCUT2D eigenvalue weighted by Gasteiger charge is 2.52. The third-order valence-corrected chi connectivity index (χ3v) is 4.57. The summed E-state index contributed by atoms with van der Waals surface area (Å²) in [6.07, 6.45) is -0.342. The summed E-state index contributed by atoms with van der Waals surface area (Å²) in [7, 11) is 0. The Kier molecular flexibility index (Phi) is 3.55. The molecule has 1 aromatic rings. The van der Waals surface area contributed by atoms with E-state index >= 15 is 0 Å². The van der Waals surface area contributed by atoms with Crippen LogP contribution in [0, 0.1) is 29.6 Å². The molecule has 0 amide bonds. The zero-order valence-corrected chi connectivity index (χ0v) is 11.5. The minimum absolute atomic E-state index is 0.0167. The van der Waals surface area contributed by atoms with Crippen molar-refractivity contribution in [3.05, 3.63) is 34.9 Å². The number of Topliss-reactive ketones (excluding diaryl/α,β-unsaturated/α-hetero) is 1. The van der Waals surface area contributed by atoms with E-state index in [2.05, 4.69) is 11.8 Å². The van der Waals surface area contributed by atoms with Crippen LogP contribution in [-0.4, -0.2) is 22.1 Å². The summed E-state index contributed by atoms with van der Waals surface area (Å²) >= 11 is 5.79. The van der Waals surface area contributed by atoms with Gasteiger partial charge in [-0.1, -0.05) is 35.6 Å². The van der Waals surface area contributed by atoms with Crippen LogP contribution < -0.4 is 0 Å². The molecule has 5 atom stereocenters. The summed E-state index contributed by atoms with van der Waals surface area (Å²) in [5, 5.41) is 20.7. The van der Waals surface area contributed by atoms with E-state index in [1.54, 1.807) is 24.3 Å². The van der Waals surface area contributed by atoms with Gasteiger partial charge in [-0.3, -0.25) is 4.79 Å². The number of carbonyl (C=O) groups is 1. The monoisotopic (exact) mass is 290 g/mol. The largest absolute Gasteiger partial charge is 0.392 e.